The maximum atomic E-state index is 12.3. The summed E-state index contributed by atoms with van der Waals surface area (Å²) in [7, 11) is 0. The number of rotatable bonds is 5. The van der Waals surface area contributed by atoms with E-state index in [1.165, 1.54) is 0 Å². The van der Waals surface area contributed by atoms with Crippen LogP contribution in [0.2, 0.25) is 0 Å². The van der Waals surface area contributed by atoms with Gasteiger partial charge in [0.05, 0.1) is 22.4 Å². The highest BCUT2D eigenvalue weighted by molar-refractivity contribution is 5.93. The molecule has 0 fully saturated rings. The van der Waals surface area contributed by atoms with Crippen LogP contribution in [-0.4, -0.2) is 26.0 Å². The summed E-state index contributed by atoms with van der Waals surface area (Å²) in [6.45, 7) is 0.455. The number of hydrogen-bond acceptors (Lipinski definition) is 3. The molecule has 5 aromatic rings. The third kappa shape index (κ3) is 4.02. The van der Waals surface area contributed by atoms with Crippen molar-refractivity contribution in [3.05, 3.63) is 90.8 Å². The number of aromatic nitrogens is 4. The lowest BCUT2D eigenvalue weighted by molar-refractivity contribution is 0.251. The van der Waals surface area contributed by atoms with Gasteiger partial charge in [0.2, 0.25) is 0 Å². The highest BCUT2D eigenvalue weighted by atomic mass is 16.2. The van der Waals surface area contributed by atoms with Gasteiger partial charge in [-0.1, -0.05) is 30.3 Å². The lowest BCUT2D eigenvalue weighted by Crippen LogP contribution is -2.28. The Hall–Kier alpha value is -4.39. The lowest BCUT2D eigenvalue weighted by atomic mass is 10.1. The predicted molar refractivity (Wildman–Crippen MR) is 121 cm³/mol. The summed E-state index contributed by atoms with van der Waals surface area (Å²) in [4.78, 5) is 28.4. The summed E-state index contributed by atoms with van der Waals surface area (Å²) in [5.74, 6) is 0. The lowest BCUT2D eigenvalue weighted by Gasteiger charge is -2.11. The average Bonchev–Trinajstić information content (AvgIpc) is 3.52. The number of hydrogen-bond donors (Lipinski definition) is 4. The summed E-state index contributed by atoms with van der Waals surface area (Å²) in [6.07, 6.45) is 3.72. The molecule has 31 heavy (non-hydrogen) atoms. The number of carbonyl (C=O) groups excluding carboxylic acids is 1. The summed E-state index contributed by atoms with van der Waals surface area (Å²) < 4.78 is 0. The zero-order valence-corrected chi connectivity index (χ0v) is 16.6. The minimum Gasteiger partial charge on any atom is -0.360 e. The molecule has 3 heterocycles. The first-order valence-electron chi connectivity index (χ1n) is 9.94. The molecule has 0 saturated heterocycles. The fourth-order valence-electron chi connectivity index (χ4n) is 3.42. The first-order valence-corrected chi connectivity index (χ1v) is 9.94. The molecule has 0 aliphatic rings. The molecular weight excluding hydrogens is 388 g/mol. The largest absolute Gasteiger partial charge is 0.360 e. The number of H-pyrrole nitrogens is 2. The second kappa shape index (κ2) is 8.16. The first-order chi connectivity index (χ1) is 15.3. The van der Waals surface area contributed by atoms with Crippen LogP contribution in [0.15, 0.2) is 85.2 Å². The number of carbonyl (C=O) groups is 1. The van der Waals surface area contributed by atoms with Crippen LogP contribution < -0.4 is 10.6 Å². The van der Waals surface area contributed by atoms with Gasteiger partial charge in [0.1, 0.15) is 11.4 Å². The van der Waals surface area contributed by atoms with E-state index in [2.05, 4.69) is 20.6 Å². The van der Waals surface area contributed by atoms with Crippen LogP contribution in [0.3, 0.4) is 0 Å². The Morgan fingerprint density at radius 2 is 1.45 bits per heavy atom. The van der Waals surface area contributed by atoms with Crippen molar-refractivity contribution in [3.8, 4) is 22.8 Å². The molecule has 0 bridgehead atoms. The van der Waals surface area contributed by atoms with E-state index in [-0.39, 0.29) is 6.03 Å². The van der Waals surface area contributed by atoms with E-state index in [4.69, 9.17) is 9.97 Å². The van der Waals surface area contributed by atoms with Crippen molar-refractivity contribution >= 4 is 22.8 Å². The second-order valence-electron chi connectivity index (χ2n) is 7.09. The Labute approximate surface area is 178 Å². The molecule has 7 heteroatoms. The van der Waals surface area contributed by atoms with Crippen LogP contribution in [0.5, 0.6) is 0 Å². The van der Waals surface area contributed by atoms with Gasteiger partial charge < -0.3 is 20.6 Å². The summed E-state index contributed by atoms with van der Waals surface area (Å²) in [6, 6.07) is 22.8. The zero-order chi connectivity index (χ0) is 21.0. The monoisotopic (exact) mass is 408 g/mol. The third-order valence-corrected chi connectivity index (χ3v) is 4.92. The molecule has 7 nitrogen and oxygen atoms in total. The quantitative estimate of drug-likeness (QED) is 0.331. The van der Waals surface area contributed by atoms with E-state index in [1.807, 2.05) is 85.2 Å². The molecule has 5 rings (SSSR count). The Morgan fingerprint density at radius 1 is 0.774 bits per heavy atom. The summed E-state index contributed by atoms with van der Waals surface area (Å²) in [5.41, 5.74) is 6.40. The van der Waals surface area contributed by atoms with Gasteiger partial charge in [-0.25, -0.2) is 14.8 Å². The third-order valence-electron chi connectivity index (χ3n) is 4.92. The number of aromatic amines is 2. The highest BCUT2D eigenvalue weighted by Gasteiger charge is 2.15. The van der Waals surface area contributed by atoms with Gasteiger partial charge in [-0.2, -0.15) is 0 Å². The first kappa shape index (κ1) is 18.6. The second-order valence-corrected chi connectivity index (χ2v) is 7.09. The minimum atomic E-state index is -0.274. The van der Waals surface area contributed by atoms with Gasteiger partial charge in [0.15, 0.2) is 0 Å². The van der Waals surface area contributed by atoms with Gasteiger partial charge in [-0.3, -0.25) is 0 Å². The van der Waals surface area contributed by atoms with E-state index in [0.29, 0.717) is 17.7 Å². The molecule has 0 atom stereocenters. The van der Waals surface area contributed by atoms with Crippen molar-refractivity contribution < 1.29 is 4.79 Å². The fourth-order valence-corrected chi connectivity index (χ4v) is 3.42. The minimum absolute atomic E-state index is 0.274. The molecule has 0 radical (unpaired) electrons. The van der Waals surface area contributed by atoms with Crippen LogP contribution in [-0.2, 0) is 6.54 Å². The SMILES string of the molecule is O=C(NCc1ccccc1)Nc1ccc2nc(-c3ccc[nH]3)c(-c3ccc[nH]3)nc2c1. The Balaban J connectivity index is 1.43. The van der Waals surface area contributed by atoms with Gasteiger partial charge in [0, 0.05) is 24.6 Å². The van der Waals surface area contributed by atoms with Crippen LogP contribution in [0, 0.1) is 0 Å². The molecular formula is C24H20N6O. The highest BCUT2D eigenvalue weighted by Crippen LogP contribution is 2.30. The molecule has 0 spiro atoms. The predicted octanol–water partition coefficient (Wildman–Crippen LogP) is 4.94. The molecule has 0 saturated carbocycles. The van der Waals surface area contributed by atoms with E-state index in [9.17, 15) is 4.79 Å². The van der Waals surface area contributed by atoms with Crippen LogP contribution in [0.1, 0.15) is 5.56 Å². The average molecular weight is 408 g/mol. The van der Waals surface area contributed by atoms with Crippen molar-refractivity contribution in [2.45, 2.75) is 6.54 Å². The van der Waals surface area contributed by atoms with Crippen molar-refractivity contribution in [2.75, 3.05) is 5.32 Å². The smallest absolute Gasteiger partial charge is 0.319 e. The normalized spacial score (nSPS) is 10.8. The number of fused-ring (bicyclic) bond motifs is 1. The molecule has 152 valence electrons. The molecule has 2 aromatic carbocycles. The molecule has 2 amide bonds. The van der Waals surface area contributed by atoms with E-state index in [0.717, 1.165) is 33.9 Å². The van der Waals surface area contributed by atoms with Gasteiger partial charge in [-0.05, 0) is 48.0 Å². The van der Waals surface area contributed by atoms with Gasteiger partial charge >= 0.3 is 6.03 Å². The number of urea groups is 1. The summed E-state index contributed by atoms with van der Waals surface area (Å²) >= 11 is 0. The number of nitrogens with one attached hydrogen (secondary N) is 4. The molecule has 3 aromatic heterocycles. The zero-order valence-electron chi connectivity index (χ0n) is 16.6. The number of benzene rings is 2. The fraction of sp³-hybridized carbons (Fsp3) is 0.0417. The van der Waals surface area contributed by atoms with Crippen molar-refractivity contribution in [1.82, 2.24) is 25.3 Å². The number of anilines is 1. The molecule has 4 N–H and O–H groups in total. The molecule has 0 aliphatic heterocycles. The Morgan fingerprint density at radius 3 is 2.10 bits per heavy atom. The standard InChI is InChI=1S/C24H20N6O/c31-24(27-15-16-6-2-1-3-7-16)28-17-10-11-18-21(14-17)30-23(20-9-5-13-26-20)22(29-18)19-8-4-12-25-19/h1-14,25-26H,15H2,(H2,27,28,31). The van der Waals surface area contributed by atoms with Crippen LogP contribution >= 0.6 is 0 Å². The maximum Gasteiger partial charge on any atom is 0.319 e. The van der Waals surface area contributed by atoms with E-state index in [1.54, 1.807) is 0 Å². The van der Waals surface area contributed by atoms with Crippen LogP contribution in [0.4, 0.5) is 10.5 Å². The topological polar surface area (TPSA) is 98.5 Å². The number of nitrogens with zero attached hydrogens (tertiary/aromatic N) is 2. The van der Waals surface area contributed by atoms with Gasteiger partial charge in [-0.15, -0.1) is 0 Å². The molecule has 0 aliphatic carbocycles. The Kier molecular flexibility index (Phi) is 4.90. The number of amides is 2. The van der Waals surface area contributed by atoms with Crippen LogP contribution in [0.25, 0.3) is 33.8 Å². The van der Waals surface area contributed by atoms with Crippen molar-refractivity contribution in [3.63, 3.8) is 0 Å². The maximum absolute atomic E-state index is 12.3. The van der Waals surface area contributed by atoms with Crippen molar-refractivity contribution in [1.29, 1.82) is 0 Å². The molecule has 0 unspecified atom stereocenters. The summed E-state index contributed by atoms with van der Waals surface area (Å²) in [5, 5.41) is 5.73. The van der Waals surface area contributed by atoms with Crippen molar-refractivity contribution in [2.24, 2.45) is 0 Å². The van der Waals surface area contributed by atoms with E-state index < -0.39 is 0 Å². The van der Waals surface area contributed by atoms with Gasteiger partial charge in [0.25, 0.3) is 0 Å². The van der Waals surface area contributed by atoms with E-state index >= 15 is 0 Å². The Bertz CT molecular complexity index is 1310.